The van der Waals surface area contributed by atoms with Crippen LogP contribution in [0.25, 0.3) is 0 Å². The van der Waals surface area contributed by atoms with Crippen molar-refractivity contribution in [1.29, 1.82) is 5.41 Å². The zero-order chi connectivity index (χ0) is 11.1. The minimum Gasteiger partial charge on any atom is -0.283 e. The Balaban J connectivity index is 2.69. The highest BCUT2D eigenvalue weighted by molar-refractivity contribution is 5.96. The van der Waals surface area contributed by atoms with E-state index in [0.717, 1.165) is 5.56 Å². The van der Waals surface area contributed by atoms with Crippen LogP contribution in [-0.2, 0) is 0 Å². The van der Waals surface area contributed by atoms with Crippen molar-refractivity contribution in [2.75, 3.05) is 7.05 Å². The molecule has 0 aliphatic carbocycles. The molecule has 0 aromatic heterocycles. The molecule has 0 aliphatic heterocycles. The van der Waals surface area contributed by atoms with Crippen LogP contribution in [0.1, 0.15) is 12.5 Å². The summed E-state index contributed by atoms with van der Waals surface area (Å²) in [4.78, 5) is 0. The normalized spacial score (nSPS) is 11.1. The number of allylic oxidation sites excluding steroid dienone is 2. The summed E-state index contributed by atoms with van der Waals surface area (Å²) in [7, 11) is 1.76. The number of nitrogens with one attached hydrogen (secondary N) is 1. The van der Waals surface area contributed by atoms with Gasteiger partial charge in [0.25, 0.3) is 0 Å². The van der Waals surface area contributed by atoms with Gasteiger partial charge in [0.05, 0.1) is 0 Å². The Morgan fingerprint density at radius 2 is 2.00 bits per heavy atom. The van der Waals surface area contributed by atoms with Gasteiger partial charge in [0.1, 0.15) is 5.84 Å². The molecular weight excluding hydrogens is 186 g/mol. The first kappa shape index (κ1) is 11.2. The summed E-state index contributed by atoms with van der Waals surface area (Å²) in [5.41, 5.74) is 0.859. The number of benzene rings is 1. The van der Waals surface area contributed by atoms with Gasteiger partial charge < -0.3 is 0 Å². The molecule has 0 spiro atoms. The summed E-state index contributed by atoms with van der Waals surface area (Å²) in [5.74, 6) is 0.386. The Morgan fingerprint density at radius 3 is 2.60 bits per heavy atom. The molecule has 0 fully saturated rings. The third-order valence-electron chi connectivity index (χ3n) is 1.89. The van der Waals surface area contributed by atoms with Gasteiger partial charge in [0.15, 0.2) is 0 Å². The molecule has 0 amide bonds. The van der Waals surface area contributed by atoms with E-state index in [1.54, 1.807) is 13.3 Å². The Labute approximate surface area is 90.2 Å². The van der Waals surface area contributed by atoms with E-state index >= 15 is 0 Å². The fourth-order valence-electron chi connectivity index (χ4n) is 1.07. The SMILES string of the molecule is C/C=C\C=NN(C)C(=N)c1ccccc1. The number of rotatable bonds is 3. The largest absolute Gasteiger partial charge is 0.283 e. The predicted molar refractivity (Wildman–Crippen MR) is 64.3 cm³/mol. The van der Waals surface area contributed by atoms with Gasteiger partial charge in [0.2, 0.25) is 0 Å². The van der Waals surface area contributed by atoms with Crippen molar-refractivity contribution in [3.63, 3.8) is 0 Å². The van der Waals surface area contributed by atoms with Gasteiger partial charge in [-0.25, -0.2) is 0 Å². The summed E-state index contributed by atoms with van der Waals surface area (Å²) >= 11 is 0. The average molecular weight is 201 g/mol. The lowest BCUT2D eigenvalue weighted by Crippen LogP contribution is -2.21. The number of nitrogens with zero attached hydrogens (tertiary/aromatic N) is 2. The van der Waals surface area contributed by atoms with E-state index in [1.807, 2.05) is 49.4 Å². The van der Waals surface area contributed by atoms with Gasteiger partial charge in [-0.2, -0.15) is 5.10 Å². The Hall–Kier alpha value is -1.90. The molecule has 0 saturated heterocycles. The summed E-state index contributed by atoms with van der Waals surface area (Å²) in [5, 5.41) is 13.5. The van der Waals surface area contributed by atoms with Crippen molar-refractivity contribution in [1.82, 2.24) is 5.01 Å². The lowest BCUT2D eigenvalue weighted by atomic mass is 10.2. The predicted octanol–water partition coefficient (Wildman–Crippen LogP) is 2.51. The number of hydrazone groups is 1. The molecule has 0 unspecified atom stereocenters. The van der Waals surface area contributed by atoms with Gasteiger partial charge in [-0.3, -0.25) is 10.4 Å². The molecule has 15 heavy (non-hydrogen) atoms. The third kappa shape index (κ3) is 3.38. The van der Waals surface area contributed by atoms with Gasteiger partial charge >= 0.3 is 0 Å². The number of amidine groups is 1. The van der Waals surface area contributed by atoms with Crippen LogP contribution in [0.3, 0.4) is 0 Å². The summed E-state index contributed by atoms with van der Waals surface area (Å²) < 4.78 is 0. The van der Waals surface area contributed by atoms with Crippen LogP contribution >= 0.6 is 0 Å². The minimum absolute atomic E-state index is 0.386. The van der Waals surface area contributed by atoms with Crippen molar-refractivity contribution in [3.8, 4) is 0 Å². The van der Waals surface area contributed by atoms with E-state index in [1.165, 1.54) is 5.01 Å². The third-order valence-corrected chi connectivity index (χ3v) is 1.89. The van der Waals surface area contributed by atoms with Crippen molar-refractivity contribution >= 4 is 12.1 Å². The maximum absolute atomic E-state index is 7.86. The van der Waals surface area contributed by atoms with Crippen molar-refractivity contribution in [3.05, 3.63) is 48.0 Å². The van der Waals surface area contributed by atoms with E-state index in [2.05, 4.69) is 5.10 Å². The number of hydrogen-bond acceptors (Lipinski definition) is 2. The first-order valence-corrected chi connectivity index (χ1v) is 4.78. The van der Waals surface area contributed by atoms with E-state index < -0.39 is 0 Å². The molecule has 0 heterocycles. The first-order valence-electron chi connectivity index (χ1n) is 4.78. The lowest BCUT2D eigenvalue weighted by molar-refractivity contribution is 0.545. The van der Waals surface area contributed by atoms with Crippen LogP contribution in [0.4, 0.5) is 0 Å². The molecule has 0 bridgehead atoms. The van der Waals surface area contributed by atoms with Crippen LogP contribution in [0.2, 0.25) is 0 Å². The monoisotopic (exact) mass is 201 g/mol. The second-order valence-corrected chi connectivity index (χ2v) is 3.03. The van der Waals surface area contributed by atoms with Crippen molar-refractivity contribution < 1.29 is 0 Å². The zero-order valence-electron chi connectivity index (χ0n) is 9.01. The fraction of sp³-hybridized carbons (Fsp3) is 0.167. The van der Waals surface area contributed by atoms with E-state index in [0.29, 0.717) is 5.84 Å². The topological polar surface area (TPSA) is 39.5 Å². The molecular formula is C12H15N3. The molecule has 1 rings (SSSR count). The first-order chi connectivity index (χ1) is 7.25. The van der Waals surface area contributed by atoms with Crippen LogP contribution in [0.5, 0.6) is 0 Å². The maximum Gasteiger partial charge on any atom is 0.148 e. The Bertz CT molecular complexity index is 366. The molecule has 0 saturated carbocycles. The molecule has 0 radical (unpaired) electrons. The van der Waals surface area contributed by atoms with Gasteiger partial charge in [-0.15, -0.1) is 0 Å². The van der Waals surface area contributed by atoms with Crippen LogP contribution in [0.15, 0.2) is 47.6 Å². The Kier molecular flexibility index (Phi) is 4.29. The maximum atomic E-state index is 7.86. The van der Waals surface area contributed by atoms with Crippen LogP contribution in [0, 0.1) is 5.41 Å². The summed E-state index contributed by atoms with van der Waals surface area (Å²) in [6.45, 7) is 1.93. The highest BCUT2D eigenvalue weighted by Gasteiger charge is 2.03. The van der Waals surface area contributed by atoms with Crippen molar-refractivity contribution in [2.45, 2.75) is 6.92 Å². The highest BCUT2D eigenvalue weighted by atomic mass is 15.4. The second-order valence-electron chi connectivity index (χ2n) is 3.03. The van der Waals surface area contributed by atoms with E-state index in [-0.39, 0.29) is 0 Å². The smallest absolute Gasteiger partial charge is 0.148 e. The van der Waals surface area contributed by atoms with Gasteiger partial charge in [-0.05, 0) is 13.0 Å². The second kappa shape index (κ2) is 5.75. The summed E-state index contributed by atoms with van der Waals surface area (Å²) in [6.07, 6.45) is 5.38. The summed E-state index contributed by atoms with van der Waals surface area (Å²) in [6, 6.07) is 9.54. The molecule has 78 valence electrons. The minimum atomic E-state index is 0.386. The lowest BCUT2D eigenvalue weighted by Gasteiger charge is -2.13. The van der Waals surface area contributed by atoms with Crippen molar-refractivity contribution in [2.24, 2.45) is 5.10 Å². The quantitative estimate of drug-likeness (QED) is 0.455. The number of hydrogen-bond donors (Lipinski definition) is 1. The van der Waals surface area contributed by atoms with Crippen LogP contribution in [-0.4, -0.2) is 24.1 Å². The van der Waals surface area contributed by atoms with Gasteiger partial charge in [-0.1, -0.05) is 36.4 Å². The Morgan fingerprint density at radius 1 is 1.33 bits per heavy atom. The van der Waals surface area contributed by atoms with Gasteiger partial charge in [0, 0.05) is 18.8 Å². The highest BCUT2D eigenvalue weighted by Crippen LogP contribution is 2.02. The fourth-order valence-corrected chi connectivity index (χ4v) is 1.07. The molecule has 1 N–H and O–H groups in total. The molecule has 0 atom stereocenters. The van der Waals surface area contributed by atoms with Crippen LogP contribution < -0.4 is 0 Å². The molecule has 3 nitrogen and oxygen atoms in total. The van der Waals surface area contributed by atoms with E-state index in [4.69, 9.17) is 5.41 Å². The van der Waals surface area contributed by atoms with E-state index in [9.17, 15) is 0 Å². The molecule has 0 aliphatic rings. The molecule has 1 aromatic carbocycles. The average Bonchev–Trinajstić information content (AvgIpc) is 2.29. The standard InChI is InChI=1S/C12H15N3/c1-3-4-10-14-15(2)12(13)11-8-6-5-7-9-11/h3-10,13H,1-2H3/b4-3-,13-12?,14-10?. The molecule has 1 aromatic rings. The zero-order valence-corrected chi connectivity index (χ0v) is 9.01. The molecule has 3 heteroatoms.